The highest BCUT2D eigenvalue weighted by Crippen LogP contribution is 2.22. The van der Waals surface area contributed by atoms with E-state index in [-0.39, 0.29) is 12.1 Å². The zero-order valence-corrected chi connectivity index (χ0v) is 12.2. The van der Waals surface area contributed by atoms with Crippen LogP contribution in [0.25, 0.3) is 0 Å². The molecule has 1 heterocycles. The lowest BCUT2D eigenvalue weighted by Crippen LogP contribution is -2.45. The number of hydrogen-bond acceptors (Lipinski definition) is 3. The van der Waals surface area contributed by atoms with Crippen LogP contribution in [0.1, 0.15) is 42.7 Å². The van der Waals surface area contributed by atoms with Crippen molar-refractivity contribution in [3.8, 4) is 0 Å². The van der Waals surface area contributed by atoms with Gasteiger partial charge in [-0.3, -0.25) is 9.78 Å². The highest BCUT2D eigenvalue weighted by atomic mass is 19.4. The SMILES string of the molecule is CCC(CC)N(CC(F)(F)F)C(=O)c1ccnc(CN)c1. The lowest BCUT2D eigenvalue weighted by atomic mass is 10.1. The summed E-state index contributed by atoms with van der Waals surface area (Å²) in [5.41, 5.74) is 6.09. The number of alkyl halides is 3. The van der Waals surface area contributed by atoms with E-state index in [0.717, 1.165) is 4.90 Å². The van der Waals surface area contributed by atoms with E-state index in [4.69, 9.17) is 5.73 Å². The van der Waals surface area contributed by atoms with E-state index < -0.39 is 24.7 Å². The maximum atomic E-state index is 12.7. The average molecular weight is 303 g/mol. The summed E-state index contributed by atoms with van der Waals surface area (Å²) in [5.74, 6) is -0.641. The maximum Gasteiger partial charge on any atom is 0.406 e. The Bertz CT molecular complexity index is 473. The normalized spacial score (nSPS) is 11.8. The Hall–Kier alpha value is -1.63. The average Bonchev–Trinajstić information content (AvgIpc) is 2.45. The first-order valence-electron chi connectivity index (χ1n) is 6.85. The molecule has 0 aliphatic heterocycles. The van der Waals surface area contributed by atoms with Crippen LogP contribution in [0, 0.1) is 0 Å². The number of carbonyl (C=O) groups excluding carboxylic acids is 1. The minimum absolute atomic E-state index is 0.130. The van der Waals surface area contributed by atoms with Crippen molar-refractivity contribution in [1.82, 2.24) is 9.88 Å². The summed E-state index contributed by atoms with van der Waals surface area (Å²) in [6.45, 7) is 2.41. The lowest BCUT2D eigenvalue weighted by Gasteiger charge is -2.31. The molecule has 2 N–H and O–H groups in total. The number of nitrogens with zero attached hydrogens (tertiary/aromatic N) is 2. The number of halogens is 3. The van der Waals surface area contributed by atoms with Crippen molar-refractivity contribution >= 4 is 5.91 Å². The molecular formula is C14H20F3N3O. The third kappa shape index (κ3) is 5.00. The molecule has 1 rings (SSSR count). The van der Waals surface area contributed by atoms with E-state index >= 15 is 0 Å². The first-order valence-corrected chi connectivity index (χ1v) is 6.85. The van der Waals surface area contributed by atoms with E-state index in [1.807, 2.05) is 0 Å². The van der Waals surface area contributed by atoms with Gasteiger partial charge in [0.25, 0.3) is 5.91 Å². The van der Waals surface area contributed by atoms with Crippen molar-refractivity contribution in [2.75, 3.05) is 6.54 Å². The van der Waals surface area contributed by atoms with Crippen LogP contribution in [-0.4, -0.2) is 34.6 Å². The molecule has 1 aromatic rings. The molecule has 0 unspecified atom stereocenters. The van der Waals surface area contributed by atoms with Crippen molar-refractivity contribution in [2.24, 2.45) is 5.73 Å². The molecule has 0 saturated heterocycles. The number of nitrogens with two attached hydrogens (primary N) is 1. The smallest absolute Gasteiger partial charge is 0.327 e. The molecule has 1 aromatic heterocycles. The molecule has 4 nitrogen and oxygen atoms in total. The highest BCUT2D eigenvalue weighted by molar-refractivity contribution is 5.94. The highest BCUT2D eigenvalue weighted by Gasteiger charge is 2.36. The fourth-order valence-electron chi connectivity index (χ4n) is 2.18. The van der Waals surface area contributed by atoms with Gasteiger partial charge >= 0.3 is 6.18 Å². The van der Waals surface area contributed by atoms with Crippen LogP contribution in [0.5, 0.6) is 0 Å². The second-order valence-corrected chi connectivity index (χ2v) is 4.76. The van der Waals surface area contributed by atoms with Gasteiger partial charge in [0.05, 0.1) is 5.69 Å². The summed E-state index contributed by atoms with van der Waals surface area (Å²) in [6.07, 6.45) is -2.11. The van der Waals surface area contributed by atoms with Gasteiger partial charge in [0.2, 0.25) is 0 Å². The molecule has 0 fully saturated rings. The molecule has 7 heteroatoms. The number of rotatable bonds is 6. The van der Waals surface area contributed by atoms with Crippen molar-refractivity contribution in [1.29, 1.82) is 0 Å². The summed E-state index contributed by atoms with van der Waals surface area (Å²) in [5, 5.41) is 0. The van der Waals surface area contributed by atoms with Crippen LogP contribution in [0.3, 0.4) is 0 Å². The second kappa shape index (κ2) is 7.40. The van der Waals surface area contributed by atoms with E-state index in [1.165, 1.54) is 18.3 Å². The van der Waals surface area contributed by atoms with Crippen LogP contribution < -0.4 is 5.73 Å². The molecule has 0 aliphatic rings. The number of carbonyl (C=O) groups is 1. The first-order chi connectivity index (χ1) is 9.82. The van der Waals surface area contributed by atoms with Gasteiger partial charge in [-0.05, 0) is 25.0 Å². The molecule has 0 aliphatic carbocycles. The predicted octanol–water partition coefficient (Wildman–Crippen LogP) is 2.73. The van der Waals surface area contributed by atoms with Crippen LogP contribution in [0.2, 0.25) is 0 Å². The first kappa shape index (κ1) is 17.4. The van der Waals surface area contributed by atoms with Gasteiger partial charge in [0.1, 0.15) is 6.54 Å². The zero-order valence-electron chi connectivity index (χ0n) is 12.2. The van der Waals surface area contributed by atoms with Gasteiger partial charge in [-0.2, -0.15) is 13.2 Å². The zero-order chi connectivity index (χ0) is 16.0. The van der Waals surface area contributed by atoms with E-state index in [2.05, 4.69) is 4.98 Å². The molecular weight excluding hydrogens is 283 g/mol. The summed E-state index contributed by atoms with van der Waals surface area (Å²) in [4.78, 5) is 17.2. The molecule has 118 valence electrons. The molecule has 0 atom stereocenters. The summed E-state index contributed by atoms with van der Waals surface area (Å²) < 4.78 is 38.2. The van der Waals surface area contributed by atoms with Gasteiger partial charge in [-0.25, -0.2) is 0 Å². The Kier molecular flexibility index (Phi) is 6.14. The van der Waals surface area contributed by atoms with E-state index in [9.17, 15) is 18.0 Å². The van der Waals surface area contributed by atoms with Gasteiger partial charge in [-0.1, -0.05) is 13.8 Å². The molecule has 0 bridgehead atoms. The standard InChI is InChI=1S/C14H20F3N3O/c1-3-12(4-2)20(9-14(15,16)17)13(21)10-5-6-19-11(7-10)8-18/h5-7,12H,3-4,8-9,18H2,1-2H3. The Balaban J connectivity index is 3.08. The van der Waals surface area contributed by atoms with Gasteiger partial charge in [0.15, 0.2) is 0 Å². The Morgan fingerprint density at radius 1 is 1.38 bits per heavy atom. The second-order valence-electron chi connectivity index (χ2n) is 4.76. The Morgan fingerprint density at radius 3 is 2.48 bits per heavy atom. The van der Waals surface area contributed by atoms with Crippen molar-refractivity contribution < 1.29 is 18.0 Å². The van der Waals surface area contributed by atoms with E-state index in [1.54, 1.807) is 13.8 Å². The van der Waals surface area contributed by atoms with Gasteiger partial charge in [-0.15, -0.1) is 0 Å². The van der Waals surface area contributed by atoms with Crippen molar-refractivity contribution in [3.63, 3.8) is 0 Å². The molecule has 0 saturated carbocycles. The fourth-order valence-corrected chi connectivity index (χ4v) is 2.18. The van der Waals surface area contributed by atoms with Crippen LogP contribution >= 0.6 is 0 Å². The monoisotopic (exact) mass is 303 g/mol. The summed E-state index contributed by atoms with van der Waals surface area (Å²) in [6, 6.07) is 2.40. The van der Waals surface area contributed by atoms with Crippen molar-refractivity contribution in [3.05, 3.63) is 29.6 Å². The van der Waals surface area contributed by atoms with Gasteiger partial charge in [0, 0.05) is 24.3 Å². The summed E-state index contributed by atoms with van der Waals surface area (Å²) in [7, 11) is 0. The Morgan fingerprint density at radius 2 is 2.00 bits per heavy atom. The van der Waals surface area contributed by atoms with Crippen molar-refractivity contribution in [2.45, 2.75) is 45.5 Å². The van der Waals surface area contributed by atoms with E-state index in [0.29, 0.717) is 18.5 Å². The van der Waals surface area contributed by atoms with Crippen LogP contribution in [-0.2, 0) is 6.54 Å². The lowest BCUT2D eigenvalue weighted by molar-refractivity contribution is -0.144. The van der Waals surface area contributed by atoms with Gasteiger partial charge < -0.3 is 10.6 Å². The van der Waals surface area contributed by atoms with Crippen LogP contribution in [0.15, 0.2) is 18.3 Å². The number of hydrogen-bond donors (Lipinski definition) is 1. The third-order valence-corrected chi connectivity index (χ3v) is 3.27. The topological polar surface area (TPSA) is 59.2 Å². The molecule has 1 amide bonds. The minimum atomic E-state index is -4.43. The molecule has 21 heavy (non-hydrogen) atoms. The quantitative estimate of drug-likeness (QED) is 0.879. The molecule has 0 spiro atoms. The number of pyridine rings is 1. The molecule has 0 aromatic carbocycles. The molecule has 0 radical (unpaired) electrons. The predicted molar refractivity (Wildman–Crippen MR) is 73.6 cm³/mol. The number of amides is 1. The fraction of sp³-hybridized carbons (Fsp3) is 0.571. The summed E-state index contributed by atoms with van der Waals surface area (Å²) >= 11 is 0. The van der Waals surface area contributed by atoms with Crippen LogP contribution in [0.4, 0.5) is 13.2 Å². The Labute approximate surface area is 122 Å². The maximum absolute atomic E-state index is 12.7. The third-order valence-electron chi connectivity index (χ3n) is 3.27. The number of aromatic nitrogens is 1. The largest absolute Gasteiger partial charge is 0.406 e. The minimum Gasteiger partial charge on any atom is -0.327 e.